The van der Waals surface area contributed by atoms with Crippen molar-refractivity contribution in [2.45, 2.75) is 82.7 Å². The number of hydrogen-bond acceptors (Lipinski definition) is 4. The molecule has 0 radical (unpaired) electrons. The first-order valence-corrected chi connectivity index (χ1v) is 14.7. The standard InChI is InChI=1S/C33H39N3O4/c1-20(2)23-13-15-24(16-14-23)34-30(37)27-26-17-18-33(40-26)28(27)32(39)36(19-22-10-5-4-6-11-22)29(33)31(38)35-25-12-8-7-9-21(25)3/h4-6,10-11,13-18,20-21,25-29H,7-9,12,19H2,1-3H3,(H,34,37)(H,35,38)/t21-,25-,26+,27-,28+,29+,33+/m1/s1. The lowest BCUT2D eigenvalue weighted by molar-refractivity contribution is -0.142. The van der Waals surface area contributed by atoms with Gasteiger partial charge in [-0.15, -0.1) is 0 Å². The summed E-state index contributed by atoms with van der Waals surface area (Å²) in [7, 11) is 0. The Hall–Kier alpha value is -3.45. The molecule has 3 heterocycles. The highest BCUT2D eigenvalue weighted by Crippen LogP contribution is 2.55. The Balaban J connectivity index is 1.30. The maximum Gasteiger partial charge on any atom is 0.246 e. The molecule has 0 aromatic heterocycles. The van der Waals surface area contributed by atoms with Crippen LogP contribution in [-0.2, 0) is 25.7 Å². The molecule has 4 aliphatic rings. The highest BCUT2D eigenvalue weighted by Gasteiger charge is 2.72. The molecule has 7 nitrogen and oxygen atoms in total. The fourth-order valence-corrected chi connectivity index (χ4v) is 7.19. The lowest BCUT2D eigenvalue weighted by atomic mass is 9.74. The van der Waals surface area contributed by atoms with Gasteiger partial charge in [-0.3, -0.25) is 14.4 Å². The van der Waals surface area contributed by atoms with E-state index in [-0.39, 0.29) is 30.3 Å². The second-order valence-corrected chi connectivity index (χ2v) is 12.3. The topological polar surface area (TPSA) is 87.7 Å². The molecular weight excluding hydrogens is 502 g/mol. The van der Waals surface area contributed by atoms with E-state index in [0.717, 1.165) is 24.8 Å². The molecule has 3 amide bonds. The average Bonchev–Trinajstić information content (AvgIpc) is 3.58. The molecule has 3 aliphatic heterocycles. The SMILES string of the molecule is CC(C)c1ccc(NC(=O)[C@@H]2[C@@H]3C=C[C@]4(O3)[C@@H]2C(=O)N(Cc2ccccc2)[C@H]4C(=O)N[C@@H]2CCCC[C@H]2C)cc1. The van der Waals surface area contributed by atoms with Gasteiger partial charge in [-0.25, -0.2) is 0 Å². The van der Waals surface area contributed by atoms with Gasteiger partial charge in [0.05, 0.1) is 17.9 Å². The number of ether oxygens (including phenoxy) is 1. The van der Waals surface area contributed by atoms with Gasteiger partial charge in [0.2, 0.25) is 17.7 Å². The predicted octanol–water partition coefficient (Wildman–Crippen LogP) is 4.79. The summed E-state index contributed by atoms with van der Waals surface area (Å²) in [6, 6.07) is 16.7. The van der Waals surface area contributed by atoms with Crippen LogP contribution >= 0.6 is 0 Å². The Morgan fingerprint density at radius 3 is 2.45 bits per heavy atom. The van der Waals surface area contributed by atoms with Gasteiger partial charge in [-0.2, -0.15) is 0 Å². The molecule has 2 aromatic rings. The van der Waals surface area contributed by atoms with Crippen LogP contribution in [-0.4, -0.2) is 46.4 Å². The number of likely N-dealkylation sites (tertiary alicyclic amines) is 1. The van der Waals surface area contributed by atoms with Gasteiger partial charge in [0.1, 0.15) is 11.6 Å². The van der Waals surface area contributed by atoms with Gasteiger partial charge >= 0.3 is 0 Å². The van der Waals surface area contributed by atoms with Gasteiger partial charge in [0.15, 0.2) is 0 Å². The van der Waals surface area contributed by atoms with E-state index < -0.39 is 29.6 Å². The number of rotatable bonds is 7. The minimum Gasteiger partial charge on any atom is -0.359 e. The third kappa shape index (κ3) is 4.54. The maximum atomic E-state index is 14.2. The molecule has 6 rings (SSSR count). The number of benzene rings is 2. The van der Waals surface area contributed by atoms with Crippen molar-refractivity contribution in [2.24, 2.45) is 17.8 Å². The van der Waals surface area contributed by atoms with Crippen molar-refractivity contribution < 1.29 is 19.1 Å². The molecule has 1 spiro atoms. The molecule has 7 heteroatoms. The van der Waals surface area contributed by atoms with Crippen molar-refractivity contribution in [3.63, 3.8) is 0 Å². The third-order valence-corrected chi connectivity index (χ3v) is 9.40. The van der Waals surface area contributed by atoms with E-state index in [4.69, 9.17) is 4.74 Å². The van der Waals surface area contributed by atoms with Gasteiger partial charge in [-0.05, 0) is 47.9 Å². The molecular formula is C33H39N3O4. The number of nitrogens with one attached hydrogen (secondary N) is 2. The van der Waals surface area contributed by atoms with Gasteiger partial charge in [0, 0.05) is 18.3 Å². The summed E-state index contributed by atoms with van der Waals surface area (Å²) < 4.78 is 6.50. The summed E-state index contributed by atoms with van der Waals surface area (Å²) in [6.07, 6.45) is 7.46. The zero-order valence-corrected chi connectivity index (χ0v) is 23.5. The normalized spacial score (nSPS) is 32.4. The average molecular weight is 542 g/mol. The summed E-state index contributed by atoms with van der Waals surface area (Å²) in [5.41, 5.74) is 1.64. The molecule has 2 saturated heterocycles. The van der Waals surface area contributed by atoms with Gasteiger partial charge < -0.3 is 20.3 Å². The Kier molecular flexibility index (Phi) is 7.03. The van der Waals surface area contributed by atoms with Crippen molar-refractivity contribution in [1.29, 1.82) is 0 Å². The molecule has 1 saturated carbocycles. The molecule has 3 fully saturated rings. The fourth-order valence-electron chi connectivity index (χ4n) is 7.19. The van der Waals surface area contributed by atoms with E-state index in [2.05, 4.69) is 31.4 Å². The number of carbonyl (C=O) groups is 3. The fraction of sp³-hybridized carbons (Fsp3) is 0.485. The van der Waals surface area contributed by atoms with E-state index in [1.165, 1.54) is 12.0 Å². The minimum absolute atomic E-state index is 0.0702. The quantitative estimate of drug-likeness (QED) is 0.494. The van der Waals surface area contributed by atoms with E-state index in [1.807, 2.05) is 66.7 Å². The Morgan fingerprint density at radius 2 is 1.75 bits per heavy atom. The Morgan fingerprint density at radius 1 is 1.02 bits per heavy atom. The van der Waals surface area contributed by atoms with E-state index in [0.29, 0.717) is 17.5 Å². The zero-order valence-electron chi connectivity index (χ0n) is 23.5. The smallest absolute Gasteiger partial charge is 0.246 e. The molecule has 2 bridgehead atoms. The first-order valence-electron chi connectivity index (χ1n) is 14.7. The van der Waals surface area contributed by atoms with Crippen LogP contribution in [0.3, 0.4) is 0 Å². The monoisotopic (exact) mass is 541 g/mol. The molecule has 2 aromatic carbocycles. The highest BCUT2D eigenvalue weighted by atomic mass is 16.5. The van der Waals surface area contributed by atoms with E-state index >= 15 is 0 Å². The first-order chi connectivity index (χ1) is 19.3. The summed E-state index contributed by atoms with van der Waals surface area (Å²) >= 11 is 0. The number of fused-ring (bicyclic) bond motifs is 1. The molecule has 2 N–H and O–H groups in total. The summed E-state index contributed by atoms with van der Waals surface area (Å²) in [5, 5.41) is 6.31. The number of amides is 3. The molecule has 7 atom stereocenters. The van der Waals surface area contributed by atoms with Crippen molar-refractivity contribution in [2.75, 3.05) is 5.32 Å². The number of carbonyl (C=O) groups excluding carboxylic acids is 3. The van der Waals surface area contributed by atoms with Crippen LogP contribution in [0, 0.1) is 17.8 Å². The molecule has 40 heavy (non-hydrogen) atoms. The second-order valence-electron chi connectivity index (χ2n) is 12.3. The van der Waals surface area contributed by atoms with Crippen molar-refractivity contribution in [1.82, 2.24) is 10.2 Å². The van der Waals surface area contributed by atoms with Crippen molar-refractivity contribution in [3.8, 4) is 0 Å². The molecule has 1 aliphatic carbocycles. The largest absolute Gasteiger partial charge is 0.359 e. The molecule has 210 valence electrons. The zero-order chi connectivity index (χ0) is 28.0. The lowest BCUT2D eigenvalue weighted by Crippen LogP contribution is -2.57. The van der Waals surface area contributed by atoms with E-state index in [9.17, 15) is 14.4 Å². The van der Waals surface area contributed by atoms with Gasteiger partial charge in [0.25, 0.3) is 0 Å². The number of anilines is 1. The van der Waals surface area contributed by atoms with Gasteiger partial charge in [-0.1, -0.05) is 88.2 Å². The van der Waals surface area contributed by atoms with Crippen LogP contribution < -0.4 is 10.6 Å². The van der Waals surface area contributed by atoms with Crippen LogP contribution in [0.2, 0.25) is 0 Å². The van der Waals surface area contributed by atoms with Crippen molar-refractivity contribution in [3.05, 3.63) is 77.9 Å². The van der Waals surface area contributed by atoms with Crippen LogP contribution in [0.5, 0.6) is 0 Å². The summed E-state index contributed by atoms with van der Waals surface area (Å²) in [4.78, 5) is 43.6. The summed E-state index contributed by atoms with van der Waals surface area (Å²) in [6.45, 7) is 6.71. The van der Waals surface area contributed by atoms with E-state index in [1.54, 1.807) is 4.90 Å². The highest BCUT2D eigenvalue weighted by molar-refractivity contribution is 6.02. The molecule has 0 unspecified atom stereocenters. The second kappa shape index (κ2) is 10.5. The maximum absolute atomic E-state index is 14.2. The number of nitrogens with zero attached hydrogens (tertiary/aromatic N) is 1. The van der Waals surface area contributed by atoms with Crippen LogP contribution in [0.4, 0.5) is 5.69 Å². The summed E-state index contributed by atoms with van der Waals surface area (Å²) in [5.74, 6) is -1.37. The Labute approximate surface area is 236 Å². The third-order valence-electron chi connectivity index (χ3n) is 9.40. The lowest BCUT2D eigenvalue weighted by Gasteiger charge is -2.36. The van der Waals surface area contributed by atoms with Crippen LogP contribution in [0.25, 0.3) is 0 Å². The van der Waals surface area contributed by atoms with Crippen LogP contribution in [0.1, 0.15) is 63.5 Å². The predicted molar refractivity (Wildman–Crippen MR) is 153 cm³/mol. The first kappa shape index (κ1) is 26.8. The van der Waals surface area contributed by atoms with Crippen LogP contribution in [0.15, 0.2) is 66.7 Å². The number of hydrogen-bond donors (Lipinski definition) is 2. The van der Waals surface area contributed by atoms with Crippen molar-refractivity contribution >= 4 is 23.4 Å². The minimum atomic E-state index is -1.16. The Bertz CT molecular complexity index is 1310.